The van der Waals surface area contributed by atoms with Crippen LogP contribution in [0.1, 0.15) is 51.5 Å². The number of amides is 3. The van der Waals surface area contributed by atoms with Crippen LogP contribution in [0.2, 0.25) is 0 Å². The summed E-state index contributed by atoms with van der Waals surface area (Å²) >= 11 is 0. The lowest BCUT2D eigenvalue weighted by Gasteiger charge is -2.39. The van der Waals surface area contributed by atoms with Gasteiger partial charge in [0.2, 0.25) is 17.7 Å². The fourth-order valence-electron chi connectivity index (χ4n) is 5.49. The molecule has 1 aromatic carbocycles. The van der Waals surface area contributed by atoms with Crippen LogP contribution in [-0.4, -0.2) is 71.2 Å². The molecule has 0 aromatic heterocycles. The Labute approximate surface area is 179 Å². The molecular weight excluding hydrogens is 378 g/mol. The van der Waals surface area contributed by atoms with E-state index >= 15 is 0 Å². The number of hydrogen-bond donors (Lipinski definition) is 0. The van der Waals surface area contributed by atoms with Crippen molar-refractivity contribution in [3.63, 3.8) is 0 Å². The number of piperazine rings is 1. The highest BCUT2D eigenvalue weighted by atomic mass is 16.2. The van der Waals surface area contributed by atoms with Crippen molar-refractivity contribution in [1.29, 1.82) is 0 Å². The van der Waals surface area contributed by atoms with Crippen molar-refractivity contribution >= 4 is 17.7 Å². The van der Waals surface area contributed by atoms with E-state index in [0.717, 1.165) is 31.2 Å². The Morgan fingerprint density at radius 1 is 1.07 bits per heavy atom. The third-order valence-corrected chi connectivity index (χ3v) is 6.97. The first-order valence-corrected chi connectivity index (χ1v) is 11.4. The molecule has 1 aromatic rings. The largest absolute Gasteiger partial charge is 0.340 e. The summed E-state index contributed by atoms with van der Waals surface area (Å²) in [4.78, 5) is 44.9. The molecule has 6 heteroatoms. The Morgan fingerprint density at radius 3 is 2.43 bits per heavy atom. The average Bonchev–Trinajstić information content (AvgIpc) is 3.12. The number of fused-ring (bicyclic) bond motifs is 1. The summed E-state index contributed by atoms with van der Waals surface area (Å²) in [6.45, 7) is 6.37. The molecule has 3 aliphatic rings. The summed E-state index contributed by atoms with van der Waals surface area (Å²) in [6, 6.07) is 9.71. The summed E-state index contributed by atoms with van der Waals surface area (Å²) in [6.07, 6.45) is 4.39. The molecular formula is C24H33N3O3. The Bertz CT molecular complexity index is 801. The minimum absolute atomic E-state index is 0.00758. The quantitative estimate of drug-likeness (QED) is 0.765. The molecule has 0 radical (unpaired) electrons. The molecule has 30 heavy (non-hydrogen) atoms. The molecule has 1 aliphatic carbocycles. The first kappa shape index (κ1) is 20.9. The average molecular weight is 412 g/mol. The first-order chi connectivity index (χ1) is 14.4. The van der Waals surface area contributed by atoms with Crippen molar-refractivity contribution in [2.75, 3.05) is 32.7 Å². The zero-order chi connectivity index (χ0) is 21.3. The maximum atomic E-state index is 13.8. The Hall–Kier alpha value is -2.37. The predicted octanol–water partition coefficient (Wildman–Crippen LogP) is 2.43. The number of nitrogens with zero attached hydrogens (tertiary/aromatic N) is 3. The standard InChI is InChI=1S/C24H33N3O3/c1-18(2)16-26-17-21(28)27-15-14-25(13-10-20(27)22(26)29)23(30)24(11-6-7-12-24)19-8-4-3-5-9-19/h3-5,8-9,18,20H,6-7,10-17H2,1-2H3. The van der Waals surface area contributed by atoms with Gasteiger partial charge in [-0.25, -0.2) is 0 Å². The van der Waals surface area contributed by atoms with Gasteiger partial charge in [-0.1, -0.05) is 57.0 Å². The van der Waals surface area contributed by atoms with Crippen LogP contribution in [0.15, 0.2) is 30.3 Å². The van der Waals surface area contributed by atoms with E-state index in [2.05, 4.69) is 26.0 Å². The SMILES string of the molecule is CC(C)CN1CC(=O)N2CCN(C(=O)C3(c4ccccc4)CCCC3)CCC2C1=O. The third-order valence-electron chi connectivity index (χ3n) is 6.97. The fraction of sp³-hybridized carbons (Fsp3) is 0.625. The lowest BCUT2D eigenvalue weighted by Crippen LogP contribution is -2.60. The van der Waals surface area contributed by atoms with Crippen molar-refractivity contribution in [3.8, 4) is 0 Å². The van der Waals surface area contributed by atoms with Gasteiger partial charge in [-0.05, 0) is 30.7 Å². The van der Waals surface area contributed by atoms with Gasteiger partial charge in [-0.2, -0.15) is 0 Å². The molecule has 2 heterocycles. The number of carbonyl (C=O) groups is 3. The van der Waals surface area contributed by atoms with Crippen LogP contribution in [-0.2, 0) is 19.8 Å². The first-order valence-electron chi connectivity index (χ1n) is 11.4. The van der Waals surface area contributed by atoms with Crippen molar-refractivity contribution in [2.45, 2.75) is 57.4 Å². The van der Waals surface area contributed by atoms with Gasteiger partial charge in [0.25, 0.3) is 0 Å². The molecule has 6 nitrogen and oxygen atoms in total. The van der Waals surface area contributed by atoms with Crippen LogP contribution >= 0.6 is 0 Å². The number of rotatable bonds is 4. The van der Waals surface area contributed by atoms with Crippen LogP contribution in [0.5, 0.6) is 0 Å². The molecule has 4 rings (SSSR count). The van der Waals surface area contributed by atoms with Crippen molar-refractivity contribution in [2.24, 2.45) is 5.92 Å². The molecule has 1 atom stereocenters. The van der Waals surface area contributed by atoms with E-state index in [1.165, 1.54) is 0 Å². The van der Waals surface area contributed by atoms with Gasteiger partial charge >= 0.3 is 0 Å². The number of carbonyl (C=O) groups excluding carboxylic acids is 3. The van der Waals surface area contributed by atoms with Gasteiger partial charge < -0.3 is 14.7 Å². The molecule has 1 unspecified atom stereocenters. The highest BCUT2D eigenvalue weighted by Crippen LogP contribution is 2.43. The molecule has 3 fully saturated rings. The second-order valence-electron chi connectivity index (χ2n) is 9.45. The van der Waals surface area contributed by atoms with Gasteiger partial charge in [0, 0.05) is 26.2 Å². The normalized spacial score (nSPS) is 24.2. The van der Waals surface area contributed by atoms with E-state index in [-0.39, 0.29) is 24.3 Å². The van der Waals surface area contributed by atoms with Crippen LogP contribution in [0, 0.1) is 5.92 Å². The highest BCUT2D eigenvalue weighted by Gasteiger charge is 2.47. The van der Waals surface area contributed by atoms with Crippen LogP contribution in [0.4, 0.5) is 0 Å². The summed E-state index contributed by atoms with van der Waals surface area (Å²) in [5.74, 6) is 0.541. The van der Waals surface area contributed by atoms with E-state index in [4.69, 9.17) is 0 Å². The molecule has 1 saturated carbocycles. The Morgan fingerprint density at radius 2 is 1.77 bits per heavy atom. The summed E-state index contributed by atoms with van der Waals surface area (Å²) in [5, 5.41) is 0. The minimum atomic E-state index is -0.455. The second-order valence-corrected chi connectivity index (χ2v) is 9.45. The van der Waals surface area contributed by atoms with E-state index in [1.54, 1.807) is 9.80 Å². The fourth-order valence-corrected chi connectivity index (χ4v) is 5.49. The van der Waals surface area contributed by atoms with Crippen molar-refractivity contribution in [1.82, 2.24) is 14.7 Å². The van der Waals surface area contributed by atoms with E-state index in [1.807, 2.05) is 23.1 Å². The van der Waals surface area contributed by atoms with Crippen LogP contribution in [0.25, 0.3) is 0 Å². The van der Waals surface area contributed by atoms with Crippen molar-refractivity contribution in [3.05, 3.63) is 35.9 Å². The second kappa shape index (κ2) is 8.40. The molecule has 0 N–H and O–H groups in total. The number of benzene rings is 1. The van der Waals surface area contributed by atoms with Gasteiger partial charge in [-0.15, -0.1) is 0 Å². The molecule has 0 bridgehead atoms. The van der Waals surface area contributed by atoms with Gasteiger partial charge in [0.05, 0.1) is 12.0 Å². The van der Waals surface area contributed by atoms with E-state index in [0.29, 0.717) is 38.5 Å². The van der Waals surface area contributed by atoms with E-state index in [9.17, 15) is 14.4 Å². The summed E-state index contributed by atoms with van der Waals surface area (Å²) < 4.78 is 0. The highest BCUT2D eigenvalue weighted by molar-refractivity contribution is 5.95. The van der Waals surface area contributed by atoms with Crippen molar-refractivity contribution < 1.29 is 14.4 Å². The van der Waals surface area contributed by atoms with Crippen LogP contribution < -0.4 is 0 Å². The van der Waals surface area contributed by atoms with Gasteiger partial charge in [0.15, 0.2) is 0 Å². The molecule has 2 aliphatic heterocycles. The zero-order valence-corrected chi connectivity index (χ0v) is 18.2. The molecule has 0 spiro atoms. The Balaban J connectivity index is 1.53. The third kappa shape index (κ3) is 3.72. The predicted molar refractivity (Wildman–Crippen MR) is 115 cm³/mol. The number of hydrogen-bond acceptors (Lipinski definition) is 3. The monoisotopic (exact) mass is 411 g/mol. The van der Waals surface area contributed by atoms with Gasteiger partial charge in [0.1, 0.15) is 6.04 Å². The smallest absolute Gasteiger partial charge is 0.245 e. The maximum Gasteiger partial charge on any atom is 0.245 e. The zero-order valence-electron chi connectivity index (χ0n) is 18.2. The summed E-state index contributed by atoms with van der Waals surface area (Å²) in [7, 11) is 0. The maximum absolute atomic E-state index is 13.8. The molecule has 2 saturated heterocycles. The lowest BCUT2D eigenvalue weighted by atomic mass is 9.77. The Kier molecular flexibility index (Phi) is 5.85. The topological polar surface area (TPSA) is 60.9 Å². The van der Waals surface area contributed by atoms with E-state index < -0.39 is 11.5 Å². The molecule has 3 amide bonds. The van der Waals surface area contributed by atoms with Gasteiger partial charge in [-0.3, -0.25) is 14.4 Å². The molecule has 162 valence electrons. The summed E-state index contributed by atoms with van der Waals surface area (Å²) in [5.41, 5.74) is 0.647. The van der Waals surface area contributed by atoms with Crippen LogP contribution in [0.3, 0.4) is 0 Å². The minimum Gasteiger partial charge on any atom is -0.340 e. The lowest BCUT2D eigenvalue weighted by molar-refractivity contribution is -0.156.